The third-order valence-corrected chi connectivity index (χ3v) is 9.23. The van der Waals surface area contributed by atoms with Crippen LogP contribution in [0.3, 0.4) is 0 Å². The van der Waals surface area contributed by atoms with Crippen molar-refractivity contribution in [3.63, 3.8) is 0 Å². The molecule has 3 aromatic carbocycles. The Bertz CT molecular complexity index is 1610. The van der Waals surface area contributed by atoms with Crippen molar-refractivity contribution in [2.24, 2.45) is 5.92 Å². The highest BCUT2D eigenvalue weighted by atomic mass is 19.1. The van der Waals surface area contributed by atoms with E-state index in [1.165, 1.54) is 59.1 Å². The summed E-state index contributed by atoms with van der Waals surface area (Å²) in [6.07, 6.45) is 18.2. The molecule has 0 nitrogen and oxygen atoms in total. The number of allylic oxidation sites excluding steroid dienone is 10. The van der Waals surface area contributed by atoms with Gasteiger partial charge in [-0.05, 0) is 115 Å². The van der Waals surface area contributed by atoms with Crippen molar-refractivity contribution in [1.82, 2.24) is 0 Å². The Kier molecular flexibility index (Phi) is 10.4. The molecular formula is C42H44F2. The first kappa shape index (κ1) is 31.4. The van der Waals surface area contributed by atoms with Gasteiger partial charge in [0.25, 0.3) is 0 Å². The molecule has 0 atom stereocenters. The zero-order valence-electron chi connectivity index (χ0n) is 26.5. The van der Waals surface area contributed by atoms with Gasteiger partial charge >= 0.3 is 0 Å². The van der Waals surface area contributed by atoms with Crippen LogP contribution in [0, 0.1) is 5.92 Å². The van der Waals surface area contributed by atoms with Gasteiger partial charge in [-0.2, -0.15) is 0 Å². The van der Waals surface area contributed by atoms with E-state index in [9.17, 15) is 8.78 Å². The molecule has 0 saturated heterocycles. The zero-order chi connectivity index (χ0) is 31.1. The lowest BCUT2D eigenvalue weighted by molar-refractivity contribution is 0.358. The van der Waals surface area contributed by atoms with E-state index in [0.29, 0.717) is 24.7 Å². The van der Waals surface area contributed by atoms with Crippen molar-refractivity contribution in [3.05, 3.63) is 148 Å². The van der Waals surface area contributed by atoms with Crippen molar-refractivity contribution in [2.45, 2.75) is 72.1 Å². The van der Waals surface area contributed by atoms with E-state index in [0.717, 1.165) is 22.3 Å². The molecule has 0 unspecified atom stereocenters. The second-order valence-electron chi connectivity index (χ2n) is 12.3. The zero-order valence-corrected chi connectivity index (χ0v) is 26.5. The Morgan fingerprint density at radius 3 is 1.48 bits per heavy atom. The fourth-order valence-corrected chi connectivity index (χ4v) is 6.60. The first-order valence-corrected chi connectivity index (χ1v) is 16.0. The molecule has 3 aliphatic carbocycles. The standard InChI is InChI=1S/C21H25F.C21H19F/c2*1-3-4-16-5-7-17(8-6-16)18-9-11-19(12-10-18)20-13-15(2)21(22)14-20/h3-8,13,18-19H,9-12,14H2,1-2H3;3-13H,14H2,1-2H3/b2*4-3+. The second kappa shape index (κ2) is 14.6. The normalized spacial score (nSPS) is 20.3. The predicted molar refractivity (Wildman–Crippen MR) is 185 cm³/mol. The van der Waals surface area contributed by atoms with Gasteiger partial charge in [-0.3, -0.25) is 0 Å². The van der Waals surface area contributed by atoms with Gasteiger partial charge in [0.2, 0.25) is 0 Å². The van der Waals surface area contributed by atoms with Gasteiger partial charge in [0.15, 0.2) is 0 Å². The second-order valence-corrected chi connectivity index (χ2v) is 12.3. The maximum absolute atomic E-state index is 13.6. The Labute approximate surface area is 262 Å². The predicted octanol–water partition coefficient (Wildman–Crippen LogP) is 13.0. The van der Waals surface area contributed by atoms with Gasteiger partial charge in [-0.1, -0.05) is 115 Å². The molecule has 0 radical (unpaired) electrons. The van der Waals surface area contributed by atoms with Crippen LogP contribution in [0.25, 0.3) is 28.9 Å². The number of benzene rings is 3. The van der Waals surface area contributed by atoms with Crippen LogP contribution in [0.2, 0.25) is 0 Å². The highest BCUT2D eigenvalue weighted by Gasteiger charge is 2.27. The van der Waals surface area contributed by atoms with E-state index in [2.05, 4.69) is 97.1 Å². The van der Waals surface area contributed by atoms with E-state index in [4.69, 9.17) is 0 Å². The van der Waals surface area contributed by atoms with Crippen molar-refractivity contribution in [2.75, 3.05) is 0 Å². The summed E-state index contributed by atoms with van der Waals surface area (Å²) >= 11 is 0. The van der Waals surface area contributed by atoms with Crippen molar-refractivity contribution in [3.8, 4) is 11.1 Å². The monoisotopic (exact) mass is 586 g/mol. The lowest BCUT2D eigenvalue weighted by Gasteiger charge is -2.29. The molecule has 0 spiro atoms. The summed E-state index contributed by atoms with van der Waals surface area (Å²) in [6.45, 7) is 7.78. The van der Waals surface area contributed by atoms with Crippen LogP contribution in [0.5, 0.6) is 0 Å². The minimum atomic E-state index is -0.0151. The average Bonchev–Trinajstić information content (AvgIpc) is 3.58. The minimum Gasteiger partial charge on any atom is -0.211 e. The molecule has 3 aromatic rings. The number of rotatable bonds is 6. The van der Waals surface area contributed by atoms with Gasteiger partial charge in [-0.25, -0.2) is 8.78 Å². The lowest BCUT2D eigenvalue weighted by Crippen LogP contribution is -2.14. The highest BCUT2D eigenvalue weighted by molar-refractivity contribution is 5.75. The Morgan fingerprint density at radius 2 is 1.00 bits per heavy atom. The van der Waals surface area contributed by atoms with Gasteiger partial charge in [0, 0.05) is 12.8 Å². The maximum atomic E-state index is 13.6. The quantitative estimate of drug-likeness (QED) is 0.269. The van der Waals surface area contributed by atoms with E-state index in [1.807, 2.05) is 39.8 Å². The van der Waals surface area contributed by atoms with Crippen molar-refractivity contribution >= 4 is 17.7 Å². The first-order valence-electron chi connectivity index (χ1n) is 16.0. The van der Waals surface area contributed by atoms with Gasteiger partial charge in [-0.15, -0.1) is 0 Å². The van der Waals surface area contributed by atoms with E-state index < -0.39 is 0 Å². The summed E-state index contributed by atoms with van der Waals surface area (Å²) in [5, 5.41) is 0. The summed E-state index contributed by atoms with van der Waals surface area (Å²) in [5.41, 5.74) is 11.4. The highest BCUT2D eigenvalue weighted by Crippen LogP contribution is 2.42. The van der Waals surface area contributed by atoms with E-state index in [-0.39, 0.29) is 11.7 Å². The molecule has 0 aromatic heterocycles. The van der Waals surface area contributed by atoms with E-state index in [1.54, 1.807) is 0 Å². The molecule has 226 valence electrons. The van der Waals surface area contributed by atoms with Gasteiger partial charge < -0.3 is 0 Å². The number of hydrogen-bond donors (Lipinski definition) is 0. The smallest absolute Gasteiger partial charge is 0.107 e. The number of halogens is 2. The summed E-state index contributed by atoms with van der Waals surface area (Å²) < 4.78 is 27.1. The minimum absolute atomic E-state index is 0.0151. The summed E-state index contributed by atoms with van der Waals surface area (Å²) in [5.74, 6) is 1.34. The van der Waals surface area contributed by atoms with Crippen LogP contribution >= 0.6 is 0 Å². The molecule has 6 rings (SSSR count). The maximum Gasteiger partial charge on any atom is 0.107 e. The molecule has 0 amide bonds. The molecular weight excluding hydrogens is 542 g/mol. The number of hydrogen-bond acceptors (Lipinski definition) is 0. The van der Waals surface area contributed by atoms with Crippen molar-refractivity contribution < 1.29 is 8.78 Å². The topological polar surface area (TPSA) is 0 Å². The van der Waals surface area contributed by atoms with Crippen LogP contribution in [-0.2, 0) is 0 Å². The average molecular weight is 587 g/mol. The molecule has 0 heterocycles. The Hall–Kier alpha value is -4.04. The Morgan fingerprint density at radius 1 is 0.545 bits per heavy atom. The molecule has 0 aliphatic heterocycles. The van der Waals surface area contributed by atoms with Crippen LogP contribution in [0.15, 0.2) is 125 Å². The largest absolute Gasteiger partial charge is 0.211 e. The third kappa shape index (κ3) is 7.72. The lowest BCUT2D eigenvalue weighted by atomic mass is 9.75. The van der Waals surface area contributed by atoms with Gasteiger partial charge in [0.05, 0.1) is 0 Å². The Balaban J connectivity index is 0.000000175. The summed E-state index contributed by atoms with van der Waals surface area (Å²) in [4.78, 5) is 0. The molecule has 2 heteroatoms. The molecule has 1 fully saturated rings. The summed E-state index contributed by atoms with van der Waals surface area (Å²) in [6, 6.07) is 25.8. The van der Waals surface area contributed by atoms with Crippen LogP contribution in [0.4, 0.5) is 8.78 Å². The van der Waals surface area contributed by atoms with Crippen molar-refractivity contribution in [1.29, 1.82) is 0 Å². The summed E-state index contributed by atoms with van der Waals surface area (Å²) in [7, 11) is 0. The fourth-order valence-electron chi connectivity index (χ4n) is 6.60. The molecule has 3 aliphatic rings. The molecule has 44 heavy (non-hydrogen) atoms. The van der Waals surface area contributed by atoms with Gasteiger partial charge in [0.1, 0.15) is 11.7 Å². The van der Waals surface area contributed by atoms with E-state index >= 15 is 0 Å². The first-order chi connectivity index (χ1) is 21.3. The van der Waals surface area contributed by atoms with Crippen LogP contribution in [-0.4, -0.2) is 0 Å². The van der Waals surface area contributed by atoms with Crippen LogP contribution < -0.4 is 0 Å². The molecule has 0 N–H and O–H groups in total. The molecule has 0 bridgehead atoms. The third-order valence-electron chi connectivity index (χ3n) is 9.23. The van der Waals surface area contributed by atoms with Crippen LogP contribution in [0.1, 0.15) is 94.4 Å². The molecule has 1 saturated carbocycles. The SMILES string of the molecule is C/C=C/c1ccc(-c2ccc(C3=CC(C)=C(F)C3)cc2)cc1.C/C=C/c1ccc(C2CCC(C3=CC(C)=C(F)C3)CC2)cc1. The fraction of sp³-hybridized carbons (Fsp3) is 0.286.